The first-order valence-electron chi connectivity index (χ1n) is 6.13. The first-order valence-corrected chi connectivity index (χ1v) is 6.13. The molecule has 5 nitrogen and oxygen atoms in total. The van der Waals surface area contributed by atoms with Crippen LogP contribution in [0.1, 0.15) is 19.8 Å². The van der Waals surface area contributed by atoms with Crippen LogP contribution in [0.4, 0.5) is 0 Å². The minimum Gasteiger partial charge on any atom is -0.481 e. The summed E-state index contributed by atoms with van der Waals surface area (Å²) in [6, 6.07) is 0. The second-order valence-corrected chi connectivity index (χ2v) is 4.86. The van der Waals surface area contributed by atoms with E-state index in [2.05, 4.69) is 4.90 Å². The predicted octanol–water partition coefficient (Wildman–Crippen LogP) is 0.507. The highest BCUT2D eigenvalue weighted by Gasteiger charge is 2.49. The van der Waals surface area contributed by atoms with Crippen molar-refractivity contribution in [1.82, 2.24) is 9.80 Å². The molecule has 0 radical (unpaired) electrons. The topological polar surface area (TPSA) is 60.9 Å². The molecule has 1 fully saturated rings. The van der Waals surface area contributed by atoms with E-state index in [1.165, 1.54) is 0 Å². The Morgan fingerprint density at radius 1 is 1.24 bits per heavy atom. The zero-order valence-corrected chi connectivity index (χ0v) is 10.8. The summed E-state index contributed by atoms with van der Waals surface area (Å²) >= 11 is 0. The number of carbonyl (C=O) groups excluding carboxylic acids is 1. The van der Waals surface area contributed by atoms with E-state index in [9.17, 15) is 9.59 Å². The van der Waals surface area contributed by atoms with E-state index in [-0.39, 0.29) is 11.8 Å². The lowest BCUT2D eigenvalue weighted by molar-refractivity contribution is -0.142. The number of rotatable bonds is 7. The number of nitrogens with zero attached hydrogens (tertiary/aromatic N) is 2. The van der Waals surface area contributed by atoms with Gasteiger partial charge in [0.2, 0.25) is 5.91 Å². The largest absolute Gasteiger partial charge is 0.481 e. The molecule has 1 N–H and O–H groups in total. The number of carboxylic acid groups (broad SMARTS) is 1. The summed E-state index contributed by atoms with van der Waals surface area (Å²) in [5.74, 6) is -1.54. The molecule has 5 heteroatoms. The molecule has 1 aliphatic rings. The van der Waals surface area contributed by atoms with Crippen LogP contribution >= 0.6 is 0 Å². The van der Waals surface area contributed by atoms with Gasteiger partial charge in [0.15, 0.2) is 0 Å². The number of hydrogen-bond donors (Lipinski definition) is 1. The number of hydrogen-bond acceptors (Lipinski definition) is 3. The lowest BCUT2D eigenvalue weighted by Crippen LogP contribution is -2.35. The fourth-order valence-electron chi connectivity index (χ4n) is 1.98. The van der Waals surface area contributed by atoms with Crippen molar-refractivity contribution in [3.8, 4) is 0 Å². The quantitative estimate of drug-likeness (QED) is 0.706. The Hall–Kier alpha value is -1.10. The van der Waals surface area contributed by atoms with Crippen LogP contribution < -0.4 is 0 Å². The molecule has 0 aliphatic heterocycles. The van der Waals surface area contributed by atoms with Crippen LogP contribution in [0.15, 0.2) is 0 Å². The third kappa shape index (κ3) is 4.00. The van der Waals surface area contributed by atoms with Crippen LogP contribution in [-0.2, 0) is 9.59 Å². The zero-order valence-electron chi connectivity index (χ0n) is 10.8. The van der Waals surface area contributed by atoms with Gasteiger partial charge in [-0.15, -0.1) is 0 Å². The summed E-state index contributed by atoms with van der Waals surface area (Å²) in [5, 5.41) is 8.80. The summed E-state index contributed by atoms with van der Waals surface area (Å²) in [6.07, 6.45) is 1.44. The molecule has 1 amide bonds. The summed E-state index contributed by atoms with van der Waals surface area (Å²) < 4.78 is 0. The molecule has 0 bridgehead atoms. The van der Waals surface area contributed by atoms with Gasteiger partial charge < -0.3 is 14.9 Å². The molecule has 0 spiro atoms. The van der Waals surface area contributed by atoms with Crippen molar-refractivity contribution in [3.63, 3.8) is 0 Å². The van der Waals surface area contributed by atoms with Gasteiger partial charge in [0.05, 0.1) is 11.8 Å². The van der Waals surface area contributed by atoms with Crippen molar-refractivity contribution < 1.29 is 14.7 Å². The van der Waals surface area contributed by atoms with Gasteiger partial charge >= 0.3 is 5.97 Å². The van der Waals surface area contributed by atoms with Crippen LogP contribution in [0, 0.1) is 11.8 Å². The number of amides is 1. The van der Waals surface area contributed by atoms with E-state index in [1.54, 1.807) is 4.90 Å². The summed E-state index contributed by atoms with van der Waals surface area (Å²) in [4.78, 5) is 26.5. The van der Waals surface area contributed by atoms with Gasteiger partial charge in [-0.25, -0.2) is 0 Å². The molecular formula is C12H22N2O3. The van der Waals surface area contributed by atoms with Crippen LogP contribution in [0.3, 0.4) is 0 Å². The standard InChI is InChI=1S/C12H22N2O3/c1-4-14(7-5-6-13(2)3)11(15)9-8-10(9)12(16)17/h9-10H,4-8H2,1-3H3,(H,16,17)/t9-,10+/m1/s1. The van der Waals surface area contributed by atoms with E-state index in [0.717, 1.165) is 19.5 Å². The van der Waals surface area contributed by atoms with Gasteiger partial charge in [-0.1, -0.05) is 0 Å². The molecule has 0 saturated heterocycles. The second kappa shape index (κ2) is 6.00. The van der Waals surface area contributed by atoms with Crippen molar-refractivity contribution >= 4 is 11.9 Å². The number of aliphatic carboxylic acids is 1. The van der Waals surface area contributed by atoms with E-state index in [4.69, 9.17) is 5.11 Å². The predicted molar refractivity (Wildman–Crippen MR) is 64.7 cm³/mol. The van der Waals surface area contributed by atoms with E-state index in [0.29, 0.717) is 13.0 Å². The molecule has 17 heavy (non-hydrogen) atoms. The smallest absolute Gasteiger partial charge is 0.307 e. The van der Waals surface area contributed by atoms with Gasteiger partial charge in [-0.05, 0) is 40.4 Å². The molecule has 0 aromatic heterocycles. The Morgan fingerprint density at radius 2 is 1.88 bits per heavy atom. The highest BCUT2D eigenvalue weighted by Crippen LogP contribution is 2.40. The van der Waals surface area contributed by atoms with E-state index < -0.39 is 11.9 Å². The van der Waals surface area contributed by atoms with Crippen molar-refractivity contribution in [1.29, 1.82) is 0 Å². The Bertz CT molecular complexity index is 291. The summed E-state index contributed by atoms with van der Waals surface area (Å²) in [7, 11) is 4.00. The van der Waals surface area contributed by atoms with Gasteiger partial charge in [-0.3, -0.25) is 9.59 Å². The average molecular weight is 242 g/mol. The highest BCUT2D eigenvalue weighted by molar-refractivity contribution is 5.89. The van der Waals surface area contributed by atoms with Gasteiger partial charge in [0.25, 0.3) is 0 Å². The van der Waals surface area contributed by atoms with Crippen LogP contribution in [0.25, 0.3) is 0 Å². The van der Waals surface area contributed by atoms with Gasteiger partial charge in [-0.2, -0.15) is 0 Å². The molecule has 1 aliphatic carbocycles. The molecule has 0 aromatic carbocycles. The molecular weight excluding hydrogens is 220 g/mol. The van der Waals surface area contributed by atoms with Crippen molar-refractivity contribution in [3.05, 3.63) is 0 Å². The Labute approximate surface area is 102 Å². The summed E-state index contributed by atoms with van der Waals surface area (Å²) in [6.45, 7) is 4.26. The molecule has 0 aromatic rings. The SMILES string of the molecule is CCN(CCCN(C)C)C(=O)[C@@H]1C[C@@H]1C(=O)O. The third-order valence-electron chi connectivity index (χ3n) is 3.15. The number of carbonyl (C=O) groups is 2. The maximum atomic E-state index is 12.0. The minimum absolute atomic E-state index is 0.0126. The fraction of sp³-hybridized carbons (Fsp3) is 0.833. The molecule has 1 saturated carbocycles. The Balaban J connectivity index is 2.35. The molecule has 98 valence electrons. The van der Waals surface area contributed by atoms with Crippen LogP contribution in [0.2, 0.25) is 0 Å². The lowest BCUT2D eigenvalue weighted by Gasteiger charge is -2.21. The molecule has 2 atom stereocenters. The van der Waals surface area contributed by atoms with Gasteiger partial charge in [0, 0.05) is 13.1 Å². The first kappa shape index (κ1) is 14.0. The van der Waals surface area contributed by atoms with E-state index >= 15 is 0 Å². The van der Waals surface area contributed by atoms with Crippen molar-refractivity contribution in [2.45, 2.75) is 19.8 Å². The maximum Gasteiger partial charge on any atom is 0.307 e. The zero-order chi connectivity index (χ0) is 13.0. The minimum atomic E-state index is -0.840. The van der Waals surface area contributed by atoms with E-state index in [1.807, 2.05) is 21.0 Å². The number of carboxylic acids is 1. The van der Waals surface area contributed by atoms with Crippen LogP contribution in [-0.4, -0.2) is 60.5 Å². The van der Waals surface area contributed by atoms with Gasteiger partial charge in [0.1, 0.15) is 0 Å². The maximum absolute atomic E-state index is 12.0. The molecule has 0 heterocycles. The Morgan fingerprint density at radius 3 is 2.29 bits per heavy atom. The normalized spacial score (nSPS) is 22.6. The monoisotopic (exact) mass is 242 g/mol. The fourth-order valence-corrected chi connectivity index (χ4v) is 1.98. The lowest BCUT2D eigenvalue weighted by atomic mass is 10.2. The first-order chi connectivity index (χ1) is 7.97. The van der Waals surface area contributed by atoms with Crippen molar-refractivity contribution in [2.24, 2.45) is 11.8 Å². The highest BCUT2D eigenvalue weighted by atomic mass is 16.4. The third-order valence-corrected chi connectivity index (χ3v) is 3.15. The Kier molecular flexibility index (Phi) is 4.93. The summed E-state index contributed by atoms with van der Waals surface area (Å²) in [5.41, 5.74) is 0. The van der Waals surface area contributed by atoms with Crippen molar-refractivity contribution in [2.75, 3.05) is 33.7 Å². The molecule has 0 unspecified atom stereocenters. The average Bonchev–Trinajstić information content (AvgIpc) is 3.03. The van der Waals surface area contributed by atoms with Crippen LogP contribution in [0.5, 0.6) is 0 Å². The second-order valence-electron chi connectivity index (χ2n) is 4.86. The molecule has 1 rings (SSSR count).